The van der Waals surface area contributed by atoms with Gasteiger partial charge in [-0.1, -0.05) is 0 Å². The van der Waals surface area contributed by atoms with E-state index in [-0.39, 0.29) is 12.3 Å². The van der Waals surface area contributed by atoms with E-state index in [4.69, 9.17) is 5.11 Å². The molecule has 0 aliphatic carbocycles. The fourth-order valence-electron chi connectivity index (χ4n) is 1.58. The number of carboxylic acids is 1. The van der Waals surface area contributed by atoms with Crippen LogP contribution in [-0.2, 0) is 14.6 Å². The van der Waals surface area contributed by atoms with Gasteiger partial charge in [0.05, 0.1) is 12.3 Å². The SMILES string of the molecule is CN(CC(=O)O)C1CCCS1(=O)=O. The third-order valence-electron chi connectivity index (χ3n) is 2.17. The molecule has 1 fully saturated rings. The van der Waals surface area contributed by atoms with Gasteiger partial charge in [-0.2, -0.15) is 0 Å². The Morgan fingerprint density at radius 3 is 2.62 bits per heavy atom. The number of likely N-dealkylation sites (N-methyl/N-ethyl adjacent to an activating group) is 1. The molecule has 1 heterocycles. The highest BCUT2D eigenvalue weighted by Gasteiger charge is 2.34. The van der Waals surface area contributed by atoms with E-state index in [9.17, 15) is 13.2 Å². The molecular weight excluding hydrogens is 194 g/mol. The summed E-state index contributed by atoms with van der Waals surface area (Å²) in [6, 6.07) is 0. The summed E-state index contributed by atoms with van der Waals surface area (Å²) in [5, 5.41) is 7.88. The maximum absolute atomic E-state index is 11.4. The predicted octanol–water partition coefficient (Wildman–Crippen LogP) is -0.463. The first-order chi connectivity index (χ1) is 5.93. The number of carboxylic acid groups (broad SMARTS) is 1. The van der Waals surface area contributed by atoms with Crippen molar-refractivity contribution in [3.8, 4) is 0 Å². The molecule has 1 rings (SSSR count). The van der Waals surface area contributed by atoms with Crippen LogP contribution in [0.1, 0.15) is 12.8 Å². The van der Waals surface area contributed by atoms with Gasteiger partial charge in [0.15, 0.2) is 9.84 Å². The molecule has 0 amide bonds. The van der Waals surface area contributed by atoms with E-state index in [0.29, 0.717) is 12.8 Å². The highest BCUT2D eigenvalue weighted by Crippen LogP contribution is 2.21. The van der Waals surface area contributed by atoms with Crippen LogP contribution >= 0.6 is 0 Å². The zero-order valence-electron chi connectivity index (χ0n) is 7.43. The first kappa shape index (κ1) is 10.5. The van der Waals surface area contributed by atoms with Gasteiger partial charge in [-0.15, -0.1) is 0 Å². The summed E-state index contributed by atoms with van der Waals surface area (Å²) in [5.74, 6) is -0.814. The summed E-state index contributed by atoms with van der Waals surface area (Å²) in [7, 11) is -1.54. The molecule has 1 atom stereocenters. The van der Waals surface area contributed by atoms with Crippen LogP contribution < -0.4 is 0 Å². The van der Waals surface area contributed by atoms with E-state index < -0.39 is 21.2 Å². The molecule has 76 valence electrons. The fourth-order valence-corrected chi connectivity index (χ4v) is 3.57. The summed E-state index contributed by atoms with van der Waals surface area (Å²) in [6.45, 7) is -0.218. The van der Waals surface area contributed by atoms with E-state index in [1.54, 1.807) is 0 Å². The number of aliphatic carboxylic acids is 1. The van der Waals surface area contributed by atoms with Gasteiger partial charge in [0.25, 0.3) is 0 Å². The van der Waals surface area contributed by atoms with Gasteiger partial charge in [0.2, 0.25) is 0 Å². The zero-order valence-corrected chi connectivity index (χ0v) is 8.25. The number of hydrogen-bond acceptors (Lipinski definition) is 4. The van der Waals surface area contributed by atoms with E-state index in [0.717, 1.165) is 0 Å². The summed E-state index contributed by atoms with van der Waals surface area (Å²) >= 11 is 0. The molecule has 1 saturated heterocycles. The quantitative estimate of drug-likeness (QED) is 0.677. The van der Waals surface area contributed by atoms with Crippen LogP contribution in [0, 0.1) is 0 Å². The lowest BCUT2D eigenvalue weighted by Gasteiger charge is -2.20. The number of hydrogen-bond donors (Lipinski definition) is 1. The van der Waals surface area contributed by atoms with Crippen LogP contribution in [0.5, 0.6) is 0 Å². The Kier molecular flexibility index (Phi) is 2.92. The largest absolute Gasteiger partial charge is 0.480 e. The minimum absolute atomic E-state index is 0.182. The average Bonchev–Trinajstić information content (AvgIpc) is 2.27. The van der Waals surface area contributed by atoms with E-state index in [2.05, 4.69) is 0 Å². The lowest BCUT2D eigenvalue weighted by atomic mass is 10.3. The Morgan fingerprint density at radius 1 is 1.62 bits per heavy atom. The Hall–Kier alpha value is -0.620. The van der Waals surface area contributed by atoms with Gasteiger partial charge < -0.3 is 5.11 Å². The van der Waals surface area contributed by atoms with Gasteiger partial charge in [-0.3, -0.25) is 9.69 Å². The molecule has 5 nitrogen and oxygen atoms in total. The van der Waals surface area contributed by atoms with Crippen molar-refractivity contribution in [3.63, 3.8) is 0 Å². The Labute approximate surface area is 77.3 Å². The van der Waals surface area contributed by atoms with Crippen molar-refractivity contribution in [1.29, 1.82) is 0 Å². The Bertz CT molecular complexity index is 298. The maximum atomic E-state index is 11.4. The van der Waals surface area contributed by atoms with E-state index in [1.807, 2.05) is 0 Å². The van der Waals surface area contributed by atoms with Gasteiger partial charge in [0.1, 0.15) is 5.37 Å². The number of carbonyl (C=O) groups is 1. The van der Waals surface area contributed by atoms with Crippen LogP contribution in [0.15, 0.2) is 0 Å². The van der Waals surface area contributed by atoms with Crippen molar-refractivity contribution in [2.75, 3.05) is 19.3 Å². The number of nitrogens with zero attached hydrogens (tertiary/aromatic N) is 1. The average molecular weight is 207 g/mol. The molecule has 0 radical (unpaired) electrons. The highest BCUT2D eigenvalue weighted by atomic mass is 32.2. The van der Waals surface area contributed by atoms with Crippen molar-refractivity contribution in [1.82, 2.24) is 4.90 Å². The van der Waals surface area contributed by atoms with Crippen molar-refractivity contribution in [2.45, 2.75) is 18.2 Å². The summed E-state index contributed by atoms with van der Waals surface area (Å²) in [5.41, 5.74) is 0. The normalized spacial score (nSPS) is 26.5. The first-order valence-corrected chi connectivity index (χ1v) is 5.78. The maximum Gasteiger partial charge on any atom is 0.317 e. The van der Waals surface area contributed by atoms with Crippen LogP contribution in [0.3, 0.4) is 0 Å². The van der Waals surface area contributed by atoms with Crippen molar-refractivity contribution >= 4 is 15.8 Å². The van der Waals surface area contributed by atoms with Crippen molar-refractivity contribution in [2.24, 2.45) is 0 Å². The Morgan fingerprint density at radius 2 is 2.23 bits per heavy atom. The van der Waals surface area contributed by atoms with Crippen LogP contribution in [0.2, 0.25) is 0 Å². The van der Waals surface area contributed by atoms with E-state index in [1.165, 1.54) is 11.9 Å². The fraction of sp³-hybridized carbons (Fsp3) is 0.857. The van der Waals surface area contributed by atoms with Crippen LogP contribution in [-0.4, -0.2) is 49.1 Å². The molecule has 0 saturated carbocycles. The zero-order chi connectivity index (χ0) is 10.1. The third-order valence-corrected chi connectivity index (χ3v) is 4.45. The van der Waals surface area contributed by atoms with Gasteiger partial charge in [-0.25, -0.2) is 8.42 Å². The molecule has 6 heteroatoms. The topological polar surface area (TPSA) is 74.7 Å². The summed E-state index contributed by atoms with van der Waals surface area (Å²) < 4.78 is 22.7. The third kappa shape index (κ3) is 2.41. The Balaban J connectivity index is 2.67. The molecule has 0 spiro atoms. The molecular formula is C7H13NO4S. The first-order valence-electron chi connectivity index (χ1n) is 4.07. The second-order valence-corrected chi connectivity index (χ2v) is 5.55. The molecule has 0 aromatic carbocycles. The molecule has 1 N–H and O–H groups in total. The molecule has 13 heavy (non-hydrogen) atoms. The standard InChI is InChI=1S/C7H13NO4S/c1-8(5-7(9)10)6-3-2-4-13(6,11)12/h6H,2-5H2,1H3,(H,9,10). The lowest BCUT2D eigenvalue weighted by Crippen LogP contribution is -2.38. The van der Waals surface area contributed by atoms with Gasteiger partial charge >= 0.3 is 5.97 Å². The summed E-state index contributed by atoms with van der Waals surface area (Å²) in [4.78, 5) is 11.7. The van der Waals surface area contributed by atoms with Gasteiger partial charge in [0, 0.05) is 0 Å². The summed E-state index contributed by atoms with van der Waals surface area (Å²) in [6.07, 6.45) is 1.18. The molecule has 0 aromatic rings. The molecule has 1 aliphatic rings. The molecule has 0 aromatic heterocycles. The van der Waals surface area contributed by atoms with Crippen LogP contribution in [0.4, 0.5) is 0 Å². The molecule has 1 aliphatic heterocycles. The molecule has 0 bridgehead atoms. The second kappa shape index (κ2) is 3.63. The highest BCUT2D eigenvalue weighted by molar-refractivity contribution is 7.92. The van der Waals surface area contributed by atoms with Crippen molar-refractivity contribution < 1.29 is 18.3 Å². The number of rotatable bonds is 3. The predicted molar refractivity (Wildman–Crippen MR) is 47.1 cm³/mol. The molecule has 1 unspecified atom stereocenters. The minimum atomic E-state index is -3.07. The van der Waals surface area contributed by atoms with Crippen molar-refractivity contribution in [3.05, 3.63) is 0 Å². The lowest BCUT2D eigenvalue weighted by molar-refractivity contribution is -0.138. The van der Waals surface area contributed by atoms with E-state index >= 15 is 0 Å². The monoisotopic (exact) mass is 207 g/mol. The second-order valence-electron chi connectivity index (χ2n) is 3.27. The minimum Gasteiger partial charge on any atom is -0.480 e. The van der Waals surface area contributed by atoms with Crippen LogP contribution in [0.25, 0.3) is 0 Å². The number of sulfone groups is 1. The smallest absolute Gasteiger partial charge is 0.317 e. The van der Waals surface area contributed by atoms with Gasteiger partial charge in [-0.05, 0) is 19.9 Å².